The number of fused-ring (bicyclic) bond motifs is 3. The van der Waals surface area contributed by atoms with Gasteiger partial charge in [-0.1, -0.05) is 12.8 Å². The lowest BCUT2D eigenvalue weighted by Gasteiger charge is -2.42. The molecule has 3 saturated carbocycles. The van der Waals surface area contributed by atoms with Crippen LogP contribution in [0.25, 0.3) is 0 Å². The lowest BCUT2D eigenvalue weighted by atomic mass is 9.65. The van der Waals surface area contributed by atoms with Gasteiger partial charge in [-0.05, 0) is 43.4 Å². The van der Waals surface area contributed by atoms with E-state index >= 15 is 0 Å². The van der Waals surface area contributed by atoms with Crippen LogP contribution in [0.15, 0.2) is 5.38 Å². The summed E-state index contributed by atoms with van der Waals surface area (Å²) in [7, 11) is -2.83. The van der Waals surface area contributed by atoms with Crippen LogP contribution in [0.3, 0.4) is 0 Å². The van der Waals surface area contributed by atoms with Crippen molar-refractivity contribution in [1.29, 1.82) is 0 Å². The molecule has 4 nitrogen and oxygen atoms in total. The number of anilines is 1. The lowest BCUT2D eigenvalue weighted by Crippen LogP contribution is -2.35. The number of rotatable bonds is 4. The quantitative estimate of drug-likeness (QED) is 0.914. The molecule has 1 saturated heterocycles. The van der Waals surface area contributed by atoms with Gasteiger partial charge in [0.25, 0.3) is 0 Å². The zero-order valence-electron chi connectivity index (χ0n) is 12.8. The Morgan fingerprint density at radius 2 is 2.05 bits per heavy atom. The summed E-state index contributed by atoms with van der Waals surface area (Å²) in [6, 6.07) is 0. The largest absolute Gasteiger partial charge is 0.361 e. The maximum Gasteiger partial charge on any atom is 0.182 e. The van der Waals surface area contributed by atoms with Gasteiger partial charge in [-0.15, -0.1) is 11.3 Å². The highest BCUT2D eigenvalue weighted by Crippen LogP contribution is 2.45. The molecule has 2 atom stereocenters. The van der Waals surface area contributed by atoms with Crippen LogP contribution in [0.2, 0.25) is 0 Å². The molecule has 5 rings (SSSR count). The summed E-state index contributed by atoms with van der Waals surface area (Å²) in [4.78, 5) is 4.65. The Bertz CT molecular complexity index is 632. The Morgan fingerprint density at radius 1 is 1.23 bits per heavy atom. The molecule has 1 N–H and O–H groups in total. The third kappa shape index (κ3) is 3.04. The van der Waals surface area contributed by atoms with Crippen molar-refractivity contribution in [3.63, 3.8) is 0 Å². The van der Waals surface area contributed by atoms with Crippen molar-refractivity contribution >= 4 is 26.3 Å². The van der Waals surface area contributed by atoms with Crippen LogP contribution in [0, 0.1) is 17.8 Å². The smallest absolute Gasteiger partial charge is 0.182 e. The molecule has 0 aromatic carbocycles. The number of thiazole rings is 1. The molecule has 1 aromatic rings. The van der Waals surface area contributed by atoms with Gasteiger partial charge in [0.15, 0.2) is 15.0 Å². The molecule has 6 heteroatoms. The zero-order chi connectivity index (χ0) is 15.2. The summed E-state index contributed by atoms with van der Waals surface area (Å²) >= 11 is 1.63. The Kier molecular flexibility index (Phi) is 3.93. The number of aromatic nitrogens is 1. The van der Waals surface area contributed by atoms with Crippen molar-refractivity contribution in [3.05, 3.63) is 11.1 Å². The minimum atomic E-state index is -2.83. The molecule has 2 heterocycles. The van der Waals surface area contributed by atoms with Crippen LogP contribution in [0.5, 0.6) is 0 Å². The molecule has 122 valence electrons. The molecule has 22 heavy (non-hydrogen) atoms. The summed E-state index contributed by atoms with van der Waals surface area (Å²) < 4.78 is 23.2. The molecule has 3 aliphatic carbocycles. The standard InChI is InChI=1S/C16H24N2O2S2/c19-22(20)6-5-13(10-22)15-9-21-16(18-15)17-8-14-7-11-1-3-12(14)4-2-11/h9,11-14H,1-8,10H2,(H,17,18). The average Bonchev–Trinajstić information content (AvgIpc) is 3.12. The highest BCUT2D eigenvalue weighted by molar-refractivity contribution is 7.91. The maximum atomic E-state index is 11.6. The predicted molar refractivity (Wildman–Crippen MR) is 90.2 cm³/mol. The second-order valence-electron chi connectivity index (χ2n) is 7.33. The molecule has 4 fully saturated rings. The van der Waals surface area contributed by atoms with Crippen molar-refractivity contribution in [2.75, 3.05) is 23.4 Å². The van der Waals surface area contributed by atoms with E-state index in [0.29, 0.717) is 5.75 Å². The van der Waals surface area contributed by atoms with Crippen LogP contribution >= 0.6 is 11.3 Å². The lowest BCUT2D eigenvalue weighted by molar-refractivity contribution is 0.107. The average molecular weight is 341 g/mol. The van der Waals surface area contributed by atoms with Gasteiger partial charge in [-0.3, -0.25) is 0 Å². The van der Waals surface area contributed by atoms with Gasteiger partial charge in [0.2, 0.25) is 0 Å². The molecular weight excluding hydrogens is 316 g/mol. The summed E-state index contributed by atoms with van der Waals surface area (Å²) in [5.41, 5.74) is 0.971. The Morgan fingerprint density at radius 3 is 2.68 bits per heavy atom. The number of hydrogen-bond donors (Lipinski definition) is 1. The van der Waals surface area contributed by atoms with E-state index in [2.05, 4.69) is 10.3 Å². The molecule has 0 amide bonds. The van der Waals surface area contributed by atoms with Crippen molar-refractivity contribution in [2.24, 2.45) is 17.8 Å². The van der Waals surface area contributed by atoms with E-state index in [1.807, 2.05) is 5.38 Å². The second-order valence-corrected chi connectivity index (χ2v) is 10.4. The number of nitrogens with one attached hydrogen (secondary N) is 1. The Labute approximate surface area is 136 Å². The van der Waals surface area contributed by atoms with Gasteiger partial charge >= 0.3 is 0 Å². The molecule has 1 aromatic heterocycles. The van der Waals surface area contributed by atoms with Crippen LogP contribution in [0.1, 0.15) is 50.1 Å². The van der Waals surface area contributed by atoms with Crippen molar-refractivity contribution in [3.8, 4) is 0 Å². The van der Waals surface area contributed by atoms with E-state index in [1.165, 1.54) is 32.1 Å². The van der Waals surface area contributed by atoms with Gasteiger partial charge in [-0.2, -0.15) is 0 Å². The fourth-order valence-electron chi connectivity index (χ4n) is 4.57. The van der Waals surface area contributed by atoms with Gasteiger partial charge in [-0.25, -0.2) is 13.4 Å². The van der Waals surface area contributed by atoms with Crippen LogP contribution in [-0.2, 0) is 9.84 Å². The van der Waals surface area contributed by atoms with E-state index in [0.717, 1.165) is 41.5 Å². The van der Waals surface area contributed by atoms with E-state index in [-0.39, 0.29) is 11.7 Å². The number of hydrogen-bond acceptors (Lipinski definition) is 5. The number of nitrogens with zero attached hydrogens (tertiary/aromatic N) is 1. The number of sulfone groups is 1. The summed E-state index contributed by atoms with van der Waals surface area (Å²) in [5, 5.41) is 6.54. The minimum absolute atomic E-state index is 0.113. The zero-order valence-corrected chi connectivity index (χ0v) is 14.5. The van der Waals surface area contributed by atoms with Crippen molar-refractivity contribution < 1.29 is 8.42 Å². The molecule has 4 aliphatic rings. The van der Waals surface area contributed by atoms with Gasteiger partial charge in [0.1, 0.15) is 0 Å². The molecule has 2 bridgehead atoms. The first-order valence-electron chi connectivity index (χ1n) is 8.49. The molecular formula is C16H24N2O2S2. The van der Waals surface area contributed by atoms with Gasteiger partial charge in [0.05, 0.1) is 17.2 Å². The van der Waals surface area contributed by atoms with Crippen LogP contribution in [-0.4, -0.2) is 31.5 Å². The SMILES string of the molecule is O=S1(=O)CCC(c2csc(NCC3CC4CCC3CC4)n2)C1. The molecule has 1 aliphatic heterocycles. The summed E-state index contributed by atoms with van der Waals surface area (Å²) in [5.74, 6) is 3.41. The second kappa shape index (κ2) is 5.78. The molecule has 2 unspecified atom stereocenters. The first-order chi connectivity index (χ1) is 10.6. The molecule has 0 spiro atoms. The topological polar surface area (TPSA) is 59.1 Å². The monoisotopic (exact) mass is 340 g/mol. The summed E-state index contributed by atoms with van der Waals surface area (Å²) in [6.45, 7) is 1.04. The van der Waals surface area contributed by atoms with Gasteiger partial charge in [0, 0.05) is 17.8 Å². The summed E-state index contributed by atoms with van der Waals surface area (Å²) in [6.07, 6.45) is 7.84. The fourth-order valence-corrected chi connectivity index (χ4v) is 7.13. The van der Waals surface area contributed by atoms with E-state index in [1.54, 1.807) is 11.3 Å². The first-order valence-corrected chi connectivity index (χ1v) is 11.2. The van der Waals surface area contributed by atoms with E-state index in [4.69, 9.17) is 0 Å². The van der Waals surface area contributed by atoms with Crippen molar-refractivity contribution in [1.82, 2.24) is 4.98 Å². The Hall–Kier alpha value is -0.620. The minimum Gasteiger partial charge on any atom is -0.361 e. The highest BCUT2D eigenvalue weighted by atomic mass is 32.2. The third-order valence-electron chi connectivity index (χ3n) is 5.88. The fraction of sp³-hybridized carbons (Fsp3) is 0.812. The van der Waals surface area contributed by atoms with Crippen LogP contribution in [0.4, 0.5) is 5.13 Å². The predicted octanol–water partition coefficient (Wildman–Crippen LogP) is 3.28. The van der Waals surface area contributed by atoms with E-state index in [9.17, 15) is 8.42 Å². The third-order valence-corrected chi connectivity index (χ3v) is 8.47. The highest BCUT2D eigenvalue weighted by Gasteiger charge is 2.35. The van der Waals surface area contributed by atoms with Gasteiger partial charge < -0.3 is 5.32 Å². The van der Waals surface area contributed by atoms with Crippen LogP contribution < -0.4 is 5.32 Å². The maximum absolute atomic E-state index is 11.6. The first kappa shape index (κ1) is 14.9. The van der Waals surface area contributed by atoms with E-state index < -0.39 is 9.84 Å². The van der Waals surface area contributed by atoms with Crippen molar-refractivity contribution in [2.45, 2.75) is 44.4 Å². The normalized spacial score (nSPS) is 36.5. The molecule has 0 radical (unpaired) electrons. The Balaban J connectivity index is 1.34.